The summed E-state index contributed by atoms with van der Waals surface area (Å²) in [5.74, 6) is 0.410. The molecule has 0 unspecified atom stereocenters. The molecule has 1 amide bonds. The summed E-state index contributed by atoms with van der Waals surface area (Å²) in [7, 11) is 0. The van der Waals surface area contributed by atoms with Gasteiger partial charge in [0.15, 0.2) is 6.61 Å². The number of hydrogen-bond acceptors (Lipinski definition) is 3. The van der Waals surface area contributed by atoms with Gasteiger partial charge in [0.2, 0.25) is 0 Å². The number of fused-ring (bicyclic) bond motifs is 1. The molecule has 0 aliphatic heterocycles. The molecule has 0 spiro atoms. The van der Waals surface area contributed by atoms with Crippen LogP contribution in [0, 0.1) is 13.8 Å². The summed E-state index contributed by atoms with van der Waals surface area (Å²) in [5.41, 5.74) is 8.01. The Morgan fingerprint density at radius 2 is 1.77 bits per heavy atom. The Labute approximate surface area is 182 Å². The number of nitrogens with zero attached hydrogens (tertiary/aromatic N) is 2. The lowest BCUT2D eigenvalue weighted by Crippen LogP contribution is -2.24. The molecule has 0 aliphatic rings. The van der Waals surface area contributed by atoms with E-state index in [1.165, 1.54) is 5.56 Å². The summed E-state index contributed by atoms with van der Waals surface area (Å²) < 4.78 is 7.82. The van der Waals surface area contributed by atoms with Crippen LogP contribution >= 0.6 is 0 Å². The quantitative estimate of drug-likeness (QED) is 0.350. The van der Waals surface area contributed by atoms with Crippen LogP contribution in [0.1, 0.15) is 22.3 Å². The smallest absolute Gasteiger partial charge is 0.277 e. The number of benzene rings is 3. The van der Waals surface area contributed by atoms with Crippen molar-refractivity contribution in [1.82, 2.24) is 9.99 Å². The highest BCUT2D eigenvalue weighted by Crippen LogP contribution is 2.22. The van der Waals surface area contributed by atoms with Crippen LogP contribution in [0.5, 0.6) is 5.75 Å². The van der Waals surface area contributed by atoms with Crippen LogP contribution in [0.3, 0.4) is 0 Å². The van der Waals surface area contributed by atoms with E-state index in [4.69, 9.17) is 4.74 Å². The molecule has 0 atom stereocenters. The number of nitrogens with one attached hydrogen (secondary N) is 1. The first-order valence-electron chi connectivity index (χ1n) is 10.2. The van der Waals surface area contributed by atoms with E-state index in [-0.39, 0.29) is 12.5 Å². The Hall–Kier alpha value is -3.86. The molecule has 4 aromatic rings. The second-order valence-corrected chi connectivity index (χ2v) is 7.49. The molecular weight excluding hydrogens is 386 g/mol. The van der Waals surface area contributed by atoms with Crippen molar-refractivity contribution >= 4 is 23.0 Å². The van der Waals surface area contributed by atoms with Crippen molar-refractivity contribution in [3.05, 3.63) is 101 Å². The second-order valence-electron chi connectivity index (χ2n) is 7.49. The average Bonchev–Trinajstić information content (AvgIpc) is 3.13. The van der Waals surface area contributed by atoms with Crippen LogP contribution < -0.4 is 10.2 Å². The van der Waals surface area contributed by atoms with Crippen molar-refractivity contribution < 1.29 is 9.53 Å². The molecular formula is C26H25N3O2. The molecule has 0 bridgehead atoms. The SMILES string of the molecule is Cc1cccc(OCC(=O)N/N=C\c2cn(Cc3ccccc3)c3ccccc23)c1C. The van der Waals surface area contributed by atoms with Crippen LogP contribution in [-0.2, 0) is 11.3 Å². The van der Waals surface area contributed by atoms with Gasteiger partial charge in [0.25, 0.3) is 5.91 Å². The van der Waals surface area contributed by atoms with Crippen LogP contribution in [-0.4, -0.2) is 23.3 Å². The first kappa shape index (κ1) is 20.4. The highest BCUT2D eigenvalue weighted by Gasteiger charge is 2.08. The summed E-state index contributed by atoms with van der Waals surface area (Å²) in [6.07, 6.45) is 3.74. The number of rotatable bonds is 7. The summed E-state index contributed by atoms with van der Waals surface area (Å²) in [6.45, 7) is 4.68. The van der Waals surface area contributed by atoms with E-state index in [9.17, 15) is 4.79 Å². The third-order valence-corrected chi connectivity index (χ3v) is 5.32. The maximum Gasteiger partial charge on any atom is 0.277 e. The molecule has 1 aromatic heterocycles. The molecule has 4 rings (SSSR count). The van der Waals surface area contributed by atoms with E-state index in [1.54, 1.807) is 6.21 Å². The highest BCUT2D eigenvalue weighted by molar-refractivity contribution is 5.99. The van der Waals surface area contributed by atoms with E-state index in [2.05, 4.69) is 45.6 Å². The van der Waals surface area contributed by atoms with Crippen molar-refractivity contribution in [3.63, 3.8) is 0 Å². The fourth-order valence-electron chi connectivity index (χ4n) is 3.52. The van der Waals surface area contributed by atoms with E-state index in [1.807, 2.05) is 62.4 Å². The fourth-order valence-corrected chi connectivity index (χ4v) is 3.52. The lowest BCUT2D eigenvalue weighted by Gasteiger charge is -2.09. The molecule has 3 aromatic carbocycles. The van der Waals surface area contributed by atoms with Gasteiger partial charge in [0.1, 0.15) is 5.75 Å². The number of hydrogen-bond donors (Lipinski definition) is 1. The largest absolute Gasteiger partial charge is 0.483 e. The zero-order valence-corrected chi connectivity index (χ0v) is 17.7. The van der Waals surface area contributed by atoms with E-state index in [0.717, 1.165) is 34.1 Å². The van der Waals surface area contributed by atoms with Gasteiger partial charge in [0, 0.05) is 29.2 Å². The Morgan fingerprint density at radius 3 is 2.61 bits per heavy atom. The number of ether oxygens (including phenoxy) is 1. The number of carbonyl (C=O) groups is 1. The first-order valence-corrected chi connectivity index (χ1v) is 10.2. The number of amides is 1. The Balaban J connectivity index is 1.43. The standard InChI is InChI=1S/C26H25N3O2/c1-19-9-8-14-25(20(19)2)31-18-26(30)28-27-15-22-17-29(16-21-10-4-3-5-11-21)24-13-7-6-12-23(22)24/h3-15,17H,16,18H2,1-2H3,(H,28,30)/b27-15-. The van der Waals surface area contributed by atoms with Crippen LogP contribution in [0.4, 0.5) is 0 Å². The van der Waals surface area contributed by atoms with Gasteiger partial charge in [-0.05, 0) is 42.7 Å². The minimum absolute atomic E-state index is 0.0859. The zero-order valence-electron chi connectivity index (χ0n) is 17.7. The molecule has 0 saturated heterocycles. The molecule has 0 aliphatic carbocycles. The normalized spacial score (nSPS) is 11.2. The molecule has 1 N–H and O–H groups in total. The predicted octanol–water partition coefficient (Wildman–Crippen LogP) is 4.84. The second kappa shape index (κ2) is 9.30. The third-order valence-electron chi connectivity index (χ3n) is 5.32. The van der Waals surface area contributed by atoms with Gasteiger partial charge in [-0.15, -0.1) is 0 Å². The Morgan fingerprint density at radius 1 is 1.00 bits per heavy atom. The lowest BCUT2D eigenvalue weighted by atomic mass is 10.1. The predicted molar refractivity (Wildman–Crippen MR) is 125 cm³/mol. The zero-order chi connectivity index (χ0) is 21.6. The summed E-state index contributed by atoms with van der Waals surface area (Å²) in [4.78, 5) is 12.2. The molecule has 31 heavy (non-hydrogen) atoms. The highest BCUT2D eigenvalue weighted by atomic mass is 16.5. The first-order chi connectivity index (χ1) is 15.1. The van der Waals surface area contributed by atoms with Gasteiger partial charge in [0.05, 0.1) is 6.21 Å². The van der Waals surface area contributed by atoms with Crippen molar-refractivity contribution in [1.29, 1.82) is 0 Å². The maximum atomic E-state index is 12.2. The van der Waals surface area contributed by atoms with Gasteiger partial charge in [-0.2, -0.15) is 5.10 Å². The Bertz CT molecular complexity index is 1230. The average molecular weight is 412 g/mol. The van der Waals surface area contributed by atoms with Crippen LogP contribution in [0.25, 0.3) is 10.9 Å². The monoisotopic (exact) mass is 411 g/mol. The number of hydrazone groups is 1. The minimum atomic E-state index is -0.301. The number of para-hydroxylation sites is 1. The Kier molecular flexibility index (Phi) is 6.13. The third kappa shape index (κ3) is 4.83. The van der Waals surface area contributed by atoms with Gasteiger partial charge in [-0.3, -0.25) is 4.79 Å². The lowest BCUT2D eigenvalue weighted by molar-refractivity contribution is -0.123. The summed E-state index contributed by atoms with van der Waals surface area (Å²) >= 11 is 0. The van der Waals surface area contributed by atoms with E-state index < -0.39 is 0 Å². The van der Waals surface area contributed by atoms with E-state index >= 15 is 0 Å². The van der Waals surface area contributed by atoms with Gasteiger partial charge >= 0.3 is 0 Å². The topological polar surface area (TPSA) is 55.6 Å². The molecule has 156 valence electrons. The molecule has 0 saturated carbocycles. The summed E-state index contributed by atoms with van der Waals surface area (Å²) in [6, 6.07) is 24.3. The summed E-state index contributed by atoms with van der Waals surface area (Å²) in [5, 5.41) is 5.23. The minimum Gasteiger partial charge on any atom is -0.483 e. The maximum absolute atomic E-state index is 12.2. The molecule has 0 radical (unpaired) electrons. The van der Waals surface area contributed by atoms with E-state index in [0.29, 0.717) is 5.75 Å². The number of aryl methyl sites for hydroxylation is 1. The van der Waals surface area contributed by atoms with Gasteiger partial charge < -0.3 is 9.30 Å². The van der Waals surface area contributed by atoms with Gasteiger partial charge in [-0.1, -0.05) is 60.7 Å². The van der Waals surface area contributed by atoms with Gasteiger partial charge in [-0.25, -0.2) is 5.43 Å². The molecule has 5 nitrogen and oxygen atoms in total. The van der Waals surface area contributed by atoms with Crippen molar-refractivity contribution in [3.8, 4) is 5.75 Å². The number of aromatic nitrogens is 1. The van der Waals surface area contributed by atoms with Crippen molar-refractivity contribution in [2.75, 3.05) is 6.61 Å². The van der Waals surface area contributed by atoms with Crippen molar-refractivity contribution in [2.24, 2.45) is 5.10 Å². The molecule has 0 fully saturated rings. The fraction of sp³-hybridized carbons (Fsp3) is 0.154. The molecule has 5 heteroatoms. The molecule has 1 heterocycles. The number of carbonyl (C=O) groups excluding carboxylic acids is 1. The van der Waals surface area contributed by atoms with Crippen LogP contribution in [0.15, 0.2) is 84.1 Å². The van der Waals surface area contributed by atoms with Crippen molar-refractivity contribution in [2.45, 2.75) is 20.4 Å². The van der Waals surface area contributed by atoms with Crippen LogP contribution in [0.2, 0.25) is 0 Å².